The lowest BCUT2D eigenvalue weighted by atomic mass is 10.1. The topological polar surface area (TPSA) is 91.4 Å². The van der Waals surface area contributed by atoms with Gasteiger partial charge in [-0.25, -0.2) is 0 Å². The fourth-order valence-corrected chi connectivity index (χ4v) is 4.67. The van der Waals surface area contributed by atoms with Crippen LogP contribution in [0.15, 0.2) is 53.5 Å². The summed E-state index contributed by atoms with van der Waals surface area (Å²) in [6.07, 6.45) is 1.58. The van der Waals surface area contributed by atoms with Crippen LogP contribution in [-0.4, -0.2) is 35.3 Å². The van der Waals surface area contributed by atoms with Crippen LogP contribution >= 0.6 is 7.37 Å². The maximum absolute atomic E-state index is 12.5. The molecule has 1 aliphatic rings. The van der Waals surface area contributed by atoms with E-state index < -0.39 is 7.37 Å². The summed E-state index contributed by atoms with van der Waals surface area (Å²) in [5, 5.41) is 3.29. The molecule has 0 spiro atoms. The molecule has 1 saturated heterocycles. The van der Waals surface area contributed by atoms with Gasteiger partial charge in [0.15, 0.2) is 0 Å². The second-order valence-electron chi connectivity index (χ2n) is 6.08. The predicted octanol–water partition coefficient (Wildman–Crippen LogP) is 1.87. The molecule has 1 fully saturated rings. The molecule has 24 heavy (non-hydrogen) atoms. The number of nitrogens with one attached hydrogen (secondary N) is 2. The molecule has 3 atom stereocenters. The van der Waals surface area contributed by atoms with Gasteiger partial charge in [-0.15, -0.1) is 0 Å². The third kappa shape index (κ3) is 4.65. The molecule has 128 valence electrons. The van der Waals surface area contributed by atoms with Crippen molar-refractivity contribution in [2.24, 2.45) is 0 Å². The molecule has 0 bridgehead atoms. The lowest BCUT2D eigenvalue weighted by molar-refractivity contribution is 0.0156. The first kappa shape index (κ1) is 17.1. The Morgan fingerprint density at radius 3 is 2.71 bits per heavy atom. The molecular weight excluding hydrogens is 327 g/mol. The Morgan fingerprint density at radius 2 is 2.04 bits per heavy atom. The highest BCUT2D eigenvalue weighted by molar-refractivity contribution is 7.57. The molecule has 1 aromatic carbocycles. The number of aromatic nitrogens is 1. The number of benzene rings is 1. The molecule has 0 aliphatic carbocycles. The summed E-state index contributed by atoms with van der Waals surface area (Å²) in [6, 6.07) is 12.6. The summed E-state index contributed by atoms with van der Waals surface area (Å²) >= 11 is 0. The van der Waals surface area contributed by atoms with E-state index in [2.05, 4.69) is 10.3 Å². The second-order valence-corrected chi connectivity index (χ2v) is 8.45. The maximum atomic E-state index is 12.5. The summed E-state index contributed by atoms with van der Waals surface area (Å²) < 4.78 is 18.2. The summed E-state index contributed by atoms with van der Waals surface area (Å²) in [4.78, 5) is 24.2. The number of hydrogen-bond donors (Lipinski definition) is 3. The average Bonchev–Trinajstić information content (AvgIpc) is 2.55. The minimum absolute atomic E-state index is 0.0734. The molecule has 0 saturated carbocycles. The Kier molecular flexibility index (Phi) is 5.31. The first-order valence-electron chi connectivity index (χ1n) is 7.90. The fourth-order valence-electron chi connectivity index (χ4n) is 2.88. The Labute approximate surface area is 140 Å². The van der Waals surface area contributed by atoms with E-state index in [1.165, 1.54) is 6.07 Å². The number of pyridine rings is 1. The lowest BCUT2D eigenvalue weighted by Gasteiger charge is -2.31. The van der Waals surface area contributed by atoms with E-state index in [-0.39, 0.29) is 30.0 Å². The Hall–Kier alpha value is -1.72. The number of morpholine rings is 1. The van der Waals surface area contributed by atoms with Crippen molar-refractivity contribution in [1.29, 1.82) is 0 Å². The van der Waals surface area contributed by atoms with Crippen LogP contribution in [0.25, 0.3) is 0 Å². The van der Waals surface area contributed by atoms with Gasteiger partial charge in [0.1, 0.15) is 0 Å². The van der Waals surface area contributed by atoms with Crippen LogP contribution in [0.4, 0.5) is 0 Å². The fraction of sp³-hybridized carbons (Fsp3) is 0.353. The average molecular weight is 348 g/mol. The first-order valence-corrected chi connectivity index (χ1v) is 9.93. The highest BCUT2D eigenvalue weighted by Crippen LogP contribution is 2.45. The zero-order valence-electron chi connectivity index (χ0n) is 13.2. The van der Waals surface area contributed by atoms with E-state index in [0.717, 1.165) is 11.1 Å². The van der Waals surface area contributed by atoms with E-state index in [1.807, 2.05) is 36.4 Å². The number of ether oxygens (including phenoxy) is 1. The highest BCUT2D eigenvalue weighted by atomic mass is 31.2. The summed E-state index contributed by atoms with van der Waals surface area (Å²) in [5.74, 6) is 0. The molecule has 0 amide bonds. The number of H-pyrrole nitrogens is 1. The normalized spacial score (nSPS) is 23.5. The second kappa shape index (κ2) is 7.45. The molecule has 1 aliphatic heterocycles. The minimum Gasteiger partial charge on any atom is -0.374 e. The molecule has 3 unspecified atom stereocenters. The van der Waals surface area contributed by atoms with Crippen LogP contribution < -0.4 is 10.9 Å². The summed E-state index contributed by atoms with van der Waals surface area (Å²) in [6.45, 7) is 0.857. The third-order valence-electron chi connectivity index (χ3n) is 4.05. The zero-order valence-corrected chi connectivity index (χ0v) is 14.1. The molecule has 2 aromatic rings. The van der Waals surface area contributed by atoms with Gasteiger partial charge in [-0.2, -0.15) is 0 Å². The van der Waals surface area contributed by atoms with Crippen molar-refractivity contribution in [3.05, 3.63) is 70.1 Å². The monoisotopic (exact) mass is 348 g/mol. The Morgan fingerprint density at radius 1 is 1.25 bits per heavy atom. The molecule has 3 rings (SSSR count). The van der Waals surface area contributed by atoms with Crippen LogP contribution in [0.2, 0.25) is 0 Å². The maximum Gasteiger partial charge on any atom is 0.248 e. The number of rotatable bonds is 5. The van der Waals surface area contributed by atoms with Crippen LogP contribution in [0, 0.1) is 0 Å². The van der Waals surface area contributed by atoms with Crippen LogP contribution in [0.5, 0.6) is 0 Å². The van der Waals surface area contributed by atoms with Gasteiger partial charge in [0, 0.05) is 25.0 Å². The van der Waals surface area contributed by atoms with Crippen LogP contribution in [0.3, 0.4) is 0 Å². The van der Waals surface area contributed by atoms with Crippen molar-refractivity contribution in [3.63, 3.8) is 0 Å². The SMILES string of the molecule is O=c1cc(C2COC(CP(=O)(O)Cc3ccccc3)CN2)cc[nH]1. The van der Waals surface area contributed by atoms with Gasteiger partial charge in [-0.3, -0.25) is 9.36 Å². The quantitative estimate of drug-likeness (QED) is 0.718. The van der Waals surface area contributed by atoms with Gasteiger partial charge < -0.3 is 19.9 Å². The molecule has 3 N–H and O–H groups in total. The first-order chi connectivity index (χ1) is 11.5. The van der Waals surface area contributed by atoms with Crippen LogP contribution in [-0.2, 0) is 15.5 Å². The predicted molar refractivity (Wildman–Crippen MR) is 92.4 cm³/mol. The van der Waals surface area contributed by atoms with Crippen LogP contribution in [0.1, 0.15) is 17.2 Å². The number of hydrogen-bond acceptors (Lipinski definition) is 4. The van der Waals surface area contributed by atoms with Gasteiger partial charge in [-0.05, 0) is 17.2 Å². The lowest BCUT2D eigenvalue weighted by Crippen LogP contribution is -2.43. The zero-order chi connectivity index (χ0) is 17.0. The Bertz CT molecular complexity index is 769. The van der Waals surface area contributed by atoms with Crippen molar-refractivity contribution in [2.75, 3.05) is 19.3 Å². The van der Waals surface area contributed by atoms with Crippen molar-refractivity contribution in [2.45, 2.75) is 18.3 Å². The molecule has 6 nitrogen and oxygen atoms in total. The van der Waals surface area contributed by atoms with Crippen molar-refractivity contribution >= 4 is 7.37 Å². The smallest absolute Gasteiger partial charge is 0.248 e. The molecular formula is C17H21N2O4P. The molecule has 0 radical (unpaired) electrons. The van der Waals surface area contributed by atoms with Gasteiger partial charge in [0.05, 0.1) is 24.9 Å². The standard InChI is InChI=1S/C17H21N2O4P/c20-17-8-14(6-7-18-17)16-10-23-15(9-19-16)12-24(21,22)11-13-4-2-1-3-5-13/h1-8,15-16,19H,9-12H2,(H,18,20)(H,21,22). The van der Waals surface area contributed by atoms with Gasteiger partial charge in [-0.1, -0.05) is 30.3 Å². The molecule has 2 heterocycles. The van der Waals surface area contributed by atoms with E-state index >= 15 is 0 Å². The van der Waals surface area contributed by atoms with E-state index in [9.17, 15) is 14.3 Å². The Balaban J connectivity index is 1.55. The van der Waals surface area contributed by atoms with E-state index in [0.29, 0.717) is 13.2 Å². The minimum atomic E-state index is -3.30. The molecule has 1 aromatic heterocycles. The van der Waals surface area contributed by atoms with Gasteiger partial charge >= 0.3 is 0 Å². The summed E-state index contributed by atoms with van der Waals surface area (Å²) in [7, 11) is -3.30. The third-order valence-corrected chi connectivity index (χ3v) is 5.89. The van der Waals surface area contributed by atoms with E-state index in [1.54, 1.807) is 6.20 Å². The molecule has 7 heteroatoms. The van der Waals surface area contributed by atoms with Crippen molar-refractivity contribution in [3.8, 4) is 0 Å². The largest absolute Gasteiger partial charge is 0.374 e. The summed E-state index contributed by atoms with van der Waals surface area (Å²) in [5.41, 5.74) is 1.56. The van der Waals surface area contributed by atoms with Gasteiger partial charge in [0.25, 0.3) is 0 Å². The van der Waals surface area contributed by atoms with Gasteiger partial charge in [0.2, 0.25) is 12.9 Å². The van der Waals surface area contributed by atoms with E-state index in [4.69, 9.17) is 4.74 Å². The number of aromatic amines is 1. The highest BCUT2D eigenvalue weighted by Gasteiger charge is 2.29. The van der Waals surface area contributed by atoms with Crippen molar-refractivity contribution in [1.82, 2.24) is 10.3 Å². The van der Waals surface area contributed by atoms with Crippen molar-refractivity contribution < 1.29 is 14.2 Å².